The van der Waals surface area contributed by atoms with E-state index in [4.69, 9.17) is 0 Å². The van der Waals surface area contributed by atoms with Gasteiger partial charge in [-0.25, -0.2) is 0 Å². The molecule has 0 unspecified atom stereocenters. The zero-order chi connectivity index (χ0) is 10.3. The quantitative estimate of drug-likeness (QED) is 0.439. The van der Waals surface area contributed by atoms with Crippen molar-refractivity contribution in [1.29, 1.82) is 0 Å². The lowest BCUT2D eigenvalue weighted by molar-refractivity contribution is -0.516. The zero-order valence-electron chi connectivity index (χ0n) is 10.0. The van der Waals surface area contributed by atoms with Crippen LogP contribution in [0.5, 0.6) is 0 Å². The highest BCUT2D eigenvalue weighted by Crippen LogP contribution is 2.14. The summed E-state index contributed by atoms with van der Waals surface area (Å²) in [4.78, 5) is 0. The van der Waals surface area contributed by atoms with Gasteiger partial charge < -0.3 is 24.0 Å². The van der Waals surface area contributed by atoms with Crippen LogP contribution in [0.4, 0.5) is 0 Å². The fourth-order valence-electron chi connectivity index (χ4n) is 2.15. The molecule has 0 radical (unpaired) electrons. The van der Waals surface area contributed by atoms with Crippen LogP contribution < -0.4 is 34.6 Å². The Kier molecular flexibility index (Phi) is 4.26. The molecule has 0 saturated carbocycles. The predicted molar refractivity (Wildman–Crippen MR) is 58.5 cm³/mol. The fraction of sp³-hybridized carbons (Fsp3) is 0.909. The molecule has 0 saturated heterocycles. The lowest BCUT2D eigenvalue weighted by atomic mass is 10.0. The number of halogens is 1. The van der Waals surface area contributed by atoms with Crippen LogP contribution in [0.25, 0.3) is 0 Å². The van der Waals surface area contributed by atoms with Crippen molar-refractivity contribution in [2.24, 2.45) is 11.8 Å². The molecular formula is C11H22IN3. The number of hydrogen-bond donors (Lipinski definition) is 2. The van der Waals surface area contributed by atoms with E-state index in [1.165, 1.54) is 19.0 Å². The number of nitrogens with zero attached hydrogens (tertiary/aromatic N) is 1. The van der Waals surface area contributed by atoms with Gasteiger partial charge in [0, 0.05) is 0 Å². The first-order valence-electron chi connectivity index (χ1n) is 5.73. The van der Waals surface area contributed by atoms with Gasteiger partial charge >= 0.3 is 5.96 Å². The van der Waals surface area contributed by atoms with Crippen LogP contribution in [0.1, 0.15) is 27.7 Å². The monoisotopic (exact) mass is 323 g/mol. The molecule has 2 aliphatic rings. The van der Waals surface area contributed by atoms with E-state index in [9.17, 15) is 0 Å². The maximum absolute atomic E-state index is 3.57. The second kappa shape index (κ2) is 4.89. The third kappa shape index (κ3) is 2.57. The molecule has 0 amide bonds. The lowest BCUT2D eigenvalue weighted by Gasteiger charge is -2.17. The third-order valence-corrected chi connectivity index (χ3v) is 3.40. The van der Waals surface area contributed by atoms with E-state index in [0.29, 0.717) is 23.9 Å². The minimum atomic E-state index is 0. The SMILES string of the molecule is CC(C)[C@@H]1C[N+]2=C(N1)N[C@H](C(C)C)C2.[I-]. The smallest absolute Gasteiger partial charge is 0.346 e. The van der Waals surface area contributed by atoms with Gasteiger partial charge in [0.25, 0.3) is 0 Å². The first-order chi connectivity index (χ1) is 6.58. The van der Waals surface area contributed by atoms with Crippen LogP contribution in [0.15, 0.2) is 0 Å². The summed E-state index contributed by atoms with van der Waals surface area (Å²) in [6.07, 6.45) is 0. The van der Waals surface area contributed by atoms with Crippen LogP contribution in [-0.2, 0) is 0 Å². The average Bonchev–Trinajstić information content (AvgIpc) is 2.57. The molecule has 0 spiro atoms. The van der Waals surface area contributed by atoms with E-state index in [0.717, 1.165) is 0 Å². The number of rotatable bonds is 2. The van der Waals surface area contributed by atoms with Gasteiger partial charge in [0.1, 0.15) is 25.2 Å². The molecule has 0 aromatic rings. The molecule has 2 atom stereocenters. The van der Waals surface area contributed by atoms with Crippen LogP contribution in [0.2, 0.25) is 0 Å². The summed E-state index contributed by atoms with van der Waals surface area (Å²) in [7, 11) is 0. The molecule has 15 heavy (non-hydrogen) atoms. The van der Waals surface area contributed by atoms with Crippen LogP contribution in [0, 0.1) is 11.8 Å². The lowest BCUT2D eigenvalue weighted by Crippen LogP contribution is -3.00. The van der Waals surface area contributed by atoms with Crippen molar-refractivity contribution in [1.82, 2.24) is 10.6 Å². The Morgan fingerprint density at radius 3 is 1.67 bits per heavy atom. The second-order valence-electron chi connectivity index (χ2n) is 5.24. The van der Waals surface area contributed by atoms with Gasteiger partial charge in [0.15, 0.2) is 0 Å². The molecular weight excluding hydrogens is 301 g/mol. The molecule has 4 heteroatoms. The highest BCUT2D eigenvalue weighted by atomic mass is 127. The minimum Gasteiger partial charge on any atom is -1.00 e. The van der Waals surface area contributed by atoms with Gasteiger partial charge in [0.05, 0.1) is 0 Å². The zero-order valence-corrected chi connectivity index (χ0v) is 12.2. The largest absolute Gasteiger partial charge is 1.00 e. The van der Waals surface area contributed by atoms with Crippen molar-refractivity contribution in [3.63, 3.8) is 0 Å². The molecule has 2 rings (SSSR count). The molecule has 0 aromatic carbocycles. The molecule has 0 aliphatic carbocycles. The van der Waals surface area contributed by atoms with E-state index in [1.54, 1.807) is 0 Å². The molecule has 2 heterocycles. The highest BCUT2D eigenvalue weighted by Gasteiger charge is 2.39. The van der Waals surface area contributed by atoms with Crippen molar-refractivity contribution in [3.05, 3.63) is 0 Å². The first-order valence-corrected chi connectivity index (χ1v) is 5.73. The predicted octanol–water partition coefficient (Wildman–Crippen LogP) is -2.39. The maximum Gasteiger partial charge on any atom is 0.346 e. The number of hydrogen-bond acceptors (Lipinski definition) is 2. The van der Waals surface area contributed by atoms with Crippen molar-refractivity contribution in [3.8, 4) is 0 Å². The van der Waals surface area contributed by atoms with E-state index in [2.05, 4.69) is 42.9 Å². The Labute approximate surface area is 110 Å². The highest BCUT2D eigenvalue weighted by molar-refractivity contribution is 5.77. The van der Waals surface area contributed by atoms with Gasteiger partial charge in [-0.2, -0.15) is 0 Å². The Bertz CT molecular complexity index is 219. The minimum absolute atomic E-state index is 0. The summed E-state index contributed by atoms with van der Waals surface area (Å²) in [5.41, 5.74) is 0. The van der Waals surface area contributed by atoms with Gasteiger partial charge in [-0.05, 0) is 11.8 Å². The Morgan fingerprint density at radius 1 is 1.00 bits per heavy atom. The Balaban J connectivity index is 0.00000112. The van der Waals surface area contributed by atoms with E-state index in [1.807, 2.05) is 0 Å². The summed E-state index contributed by atoms with van der Waals surface area (Å²) in [5.74, 6) is 2.70. The fourth-order valence-corrected chi connectivity index (χ4v) is 2.15. The van der Waals surface area contributed by atoms with E-state index < -0.39 is 0 Å². The molecule has 0 aromatic heterocycles. The van der Waals surface area contributed by atoms with Crippen molar-refractivity contribution >= 4 is 5.96 Å². The normalized spacial score (nSPS) is 28.9. The van der Waals surface area contributed by atoms with Crippen LogP contribution >= 0.6 is 0 Å². The topological polar surface area (TPSA) is 27.1 Å². The third-order valence-electron chi connectivity index (χ3n) is 3.40. The standard InChI is InChI=1S/C11H21N3.HI/c1-7(2)9-5-14-6-10(8(3)4)13-11(14)12-9;/h7-10H,5-6H2,1-4H3,(H,12,13);1H/t9-,10-;/m0./s1. The molecule has 2 N–H and O–H groups in total. The average molecular weight is 323 g/mol. The van der Waals surface area contributed by atoms with Gasteiger partial charge in [0.2, 0.25) is 0 Å². The summed E-state index contributed by atoms with van der Waals surface area (Å²) in [6.45, 7) is 11.5. The summed E-state index contributed by atoms with van der Waals surface area (Å²) >= 11 is 0. The molecule has 2 aliphatic heterocycles. The second-order valence-corrected chi connectivity index (χ2v) is 5.24. The van der Waals surface area contributed by atoms with E-state index >= 15 is 0 Å². The number of guanidine groups is 1. The first kappa shape index (κ1) is 13.1. The Morgan fingerprint density at radius 2 is 1.40 bits per heavy atom. The van der Waals surface area contributed by atoms with Crippen molar-refractivity contribution in [2.75, 3.05) is 13.1 Å². The molecule has 3 nitrogen and oxygen atoms in total. The molecule has 88 valence electrons. The van der Waals surface area contributed by atoms with Crippen molar-refractivity contribution in [2.45, 2.75) is 39.8 Å². The molecule has 0 bridgehead atoms. The van der Waals surface area contributed by atoms with Crippen molar-refractivity contribution < 1.29 is 28.6 Å². The Hall–Kier alpha value is 0. The summed E-state index contributed by atoms with van der Waals surface area (Å²) in [5, 5.41) is 7.14. The van der Waals surface area contributed by atoms with Gasteiger partial charge in [-0.15, -0.1) is 0 Å². The summed E-state index contributed by atoms with van der Waals surface area (Å²) < 4.78 is 2.45. The summed E-state index contributed by atoms with van der Waals surface area (Å²) in [6, 6.07) is 1.26. The number of nitrogens with one attached hydrogen (secondary N) is 2. The molecule has 0 fully saturated rings. The van der Waals surface area contributed by atoms with Gasteiger partial charge in [-0.1, -0.05) is 27.7 Å². The maximum atomic E-state index is 3.57. The van der Waals surface area contributed by atoms with Gasteiger partial charge in [-0.3, -0.25) is 15.2 Å². The van der Waals surface area contributed by atoms with Crippen LogP contribution in [-0.4, -0.2) is 35.7 Å². The van der Waals surface area contributed by atoms with E-state index in [-0.39, 0.29) is 24.0 Å². The van der Waals surface area contributed by atoms with Crippen LogP contribution in [0.3, 0.4) is 0 Å².